The Balaban J connectivity index is 1.35. The van der Waals surface area contributed by atoms with Crippen LogP contribution >= 0.6 is 0 Å². The molecule has 6 nitrogen and oxygen atoms in total. The molecule has 0 fully saturated rings. The van der Waals surface area contributed by atoms with Crippen molar-refractivity contribution in [2.75, 3.05) is 0 Å². The van der Waals surface area contributed by atoms with Gasteiger partial charge in [0.15, 0.2) is 11.9 Å². The van der Waals surface area contributed by atoms with E-state index in [0.717, 1.165) is 17.7 Å². The summed E-state index contributed by atoms with van der Waals surface area (Å²) in [6.45, 7) is 4.04. The van der Waals surface area contributed by atoms with Crippen LogP contribution in [0.3, 0.4) is 0 Å². The van der Waals surface area contributed by atoms with Gasteiger partial charge < -0.3 is 19.3 Å². The first-order valence-corrected chi connectivity index (χ1v) is 9.33. The number of nitrogens with one attached hydrogen (secondary N) is 1. The van der Waals surface area contributed by atoms with Crippen LogP contribution in [0.2, 0.25) is 0 Å². The summed E-state index contributed by atoms with van der Waals surface area (Å²) >= 11 is 0. The number of carbonyl (C=O) groups excluding carboxylic acids is 1. The maximum atomic E-state index is 12.2. The molecular weight excluding hydrogens is 356 g/mol. The van der Waals surface area contributed by atoms with E-state index in [4.69, 9.17) is 14.0 Å². The molecule has 2 atom stereocenters. The third-order valence-electron chi connectivity index (χ3n) is 4.61. The zero-order valence-corrected chi connectivity index (χ0v) is 15.8. The fourth-order valence-electron chi connectivity index (χ4n) is 3.18. The highest BCUT2D eigenvalue weighted by atomic mass is 16.5. The monoisotopic (exact) mass is 378 g/mol. The molecule has 0 aliphatic carbocycles. The Morgan fingerprint density at radius 1 is 1.25 bits per heavy atom. The van der Waals surface area contributed by atoms with E-state index in [1.54, 1.807) is 6.92 Å². The molecule has 28 heavy (non-hydrogen) atoms. The smallest absolute Gasteiger partial charge is 0.261 e. The molecular formula is C22H22N2O4. The molecule has 4 rings (SSSR count). The van der Waals surface area contributed by atoms with E-state index in [-0.39, 0.29) is 18.6 Å². The Bertz CT molecular complexity index is 968. The Morgan fingerprint density at radius 3 is 2.89 bits per heavy atom. The summed E-state index contributed by atoms with van der Waals surface area (Å²) in [5.74, 6) is 2.04. The van der Waals surface area contributed by atoms with Crippen LogP contribution in [0.5, 0.6) is 11.5 Å². The first-order chi connectivity index (χ1) is 13.6. The van der Waals surface area contributed by atoms with E-state index in [1.807, 2.05) is 48.5 Å². The molecule has 0 bridgehead atoms. The predicted molar refractivity (Wildman–Crippen MR) is 104 cm³/mol. The van der Waals surface area contributed by atoms with Gasteiger partial charge in [0, 0.05) is 18.1 Å². The number of hydrogen-bond donors (Lipinski definition) is 1. The molecule has 1 amide bonds. The number of benzene rings is 2. The van der Waals surface area contributed by atoms with Crippen molar-refractivity contribution >= 4 is 5.91 Å². The molecule has 1 aromatic heterocycles. The van der Waals surface area contributed by atoms with Crippen LogP contribution in [-0.2, 0) is 17.8 Å². The topological polar surface area (TPSA) is 73.6 Å². The van der Waals surface area contributed by atoms with Gasteiger partial charge >= 0.3 is 0 Å². The average molecular weight is 378 g/mol. The number of hydrogen-bond acceptors (Lipinski definition) is 5. The first kappa shape index (κ1) is 18.1. The Hall–Kier alpha value is -3.28. The molecule has 1 aliphatic heterocycles. The summed E-state index contributed by atoms with van der Waals surface area (Å²) < 4.78 is 16.8. The van der Waals surface area contributed by atoms with E-state index >= 15 is 0 Å². The third kappa shape index (κ3) is 4.01. The summed E-state index contributed by atoms with van der Waals surface area (Å²) in [7, 11) is 0. The molecule has 1 N–H and O–H groups in total. The average Bonchev–Trinajstić information content (AvgIpc) is 3.31. The van der Waals surface area contributed by atoms with Crippen molar-refractivity contribution in [3.8, 4) is 22.8 Å². The minimum absolute atomic E-state index is 0.200. The molecule has 2 heterocycles. The van der Waals surface area contributed by atoms with Gasteiger partial charge in [-0.15, -0.1) is 0 Å². The summed E-state index contributed by atoms with van der Waals surface area (Å²) in [6, 6.07) is 17.1. The van der Waals surface area contributed by atoms with E-state index in [2.05, 4.69) is 23.5 Å². The van der Waals surface area contributed by atoms with Crippen LogP contribution in [0.25, 0.3) is 11.3 Å². The summed E-state index contributed by atoms with van der Waals surface area (Å²) in [5.41, 5.74) is 2.77. The molecule has 6 heteroatoms. The van der Waals surface area contributed by atoms with Crippen molar-refractivity contribution in [1.29, 1.82) is 0 Å². The largest absolute Gasteiger partial charge is 0.490 e. The quantitative estimate of drug-likeness (QED) is 0.707. The first-order valence-electron chi connectivity index (χ1n) is 9.33. The van der Waals surface area contributed by atoms with Gasteiger partial charge in [-0.25, -0.2) is 0 Å². The van der Waals surface area contributed by atoms with Crippen molar-refractivity contribution in [3.63, 3.8) is 0 Å². The van der Waals surface area contributed by atoms with Crippen molar-refractivity contribution < 1.29 is 18.8 Å². The molecule has 2 unspecified atom stereocenters. The van der Waals surface area contributed by atoms with Gasteiger partial charge in [-0.2, -0.15) is 0 Å². The molecule has 2 aromatic carbocycles. The Labute approximate surface area is 163 Å². The minimum atomic E-state index is -0.604. The van der Waals surface area contributed by atoms with Crippen molar-refractivity contribution in [1.82, 2.24) is 10.5 Å². The summed E-state index contributed by atoms with van der Waals surface area (Å²) in [6.07, 6.45) is 0.484. The van der Waals surface area contributed by atoms with E-state index in [9.17, 15) is 4.79 Å². The Morgan fingerprint density at radius 2 is 2.07 bits per heavy atom. The number of amides is 1. The summed E-state index contributed by atoms with van der Waals surface area (Å²) in [5, 5.41) is 6.88. The number of para-hydroxylation sites is 1. The molecule has 3 aromatic rings. The fraction of sp³-hybridized carbons (Fsp3) is 0.273. The van der Waals surface area contributed by atoms with Crippen LogP contribution in [0.4, 0.5) is 0 Å². The van der Waals surface area contributed by atoms with E-state index in [0.29, 0.717) is 17.2 Å². The highest BCUT2D eigenvalue weighted by Crippen LogP contribution is 2.33. The fourth-order valence-corrected chi connectivity index (χ4v) is 3.18. The number of nitrogens with zero attached hydrogens (tertiary/aromatic N) is 1. The molecule has 0 spiro atoms. The van der Waals surface area contributed by atoms with Gasteiger partial charge in [0.05, 0.1) is 6.54 Å². The number of ether oxygens (including phenoxy) is 2. The zero-order valence-electron chi connectivity index (χ0n) is 15.8. The van der Waals surface area contributed by atoms with E-state index in [1.165, 1.54) is 5.56 Å². The van der Waals surface area contributed by atoms with Crippen molar-refractivity contribution in [2.24, 2.45) is 0 Å². The number of rotatable bonds is 6. The van der Waals surface area contributed by atoms with Gasteiger partial charge in [0.2, 0.25) is 0 Å². The maximum absolute atomic E-state index is 12.2. The third-order valence-corrected chi connectivity index (χ3v) is 4.61. The molecule has 0 saturated carbocycles. The van der Waals surface area contributed by atoms with E-state index < -0.39 is 6.10 Å². The molecule has 1 aliphatic rings. The van der Waals surface area contributed by atoms with Crippen LogP contribution in [0.1, 0.15) is 25.1 Å². The minimum Gasteiger partial charge on any atom is -0.490 e. The molecule has 0 saturated heterocycles. The van der Waals surface area contributed by atoms with Gasteiger partial charge in [0.25, 0.3) is 5.91 Å². The van der Waals surface area contributed by atoms with Gasteiger partial charge in [-0.1, -0.05) is 23.4 Å². The number of aromatic nitrogens is 1. The summed E-state index contributed by atoms with van der Waals surface area (Å²) in [4.78, 5) is 12.2. The highest BCUT2D eigenvalue weighted by Gasteiger charge is 2.20. The standard InChI is InChI=1S/C22H22N2O4/c1-14-10-17-11-16(8-9-20(17)26-14)21-12-18(24-28-21)13-23-22(25)15(2)27-19-6-4-3-5-7-19/h3-9,11-12,14-15H,10,13H2,1-2H3,(H,23,25). The Kier molecular flexibility index (Phi) is 5.02. The lowest BCUT2D eigenvalue weighted by Crippen LogP contribution is -2.35. The van der Waals surface area contributed by atoms with Crippen molar-refractivity contribution in [2.45, 2.75) is 39.0 Å². The van der Waals surface area contributed by atoms with Gasteiger partial charge in [-0.05, 0) is 49.7 Å². The van der Waals surface area contributed by atoms with Gasteiger partial charge in [-0.3, -0.25) is 4.79 Å². The molecule has 0 radical (unpaired) electrons. The second-order valence-corrected chi connectivity index (χ2v) is 6.93. The predicted octanol–water partition coefficient (Wildman–Crippen LogP) is 3.75. The van der Waals surface area contributed by atoms with Crippen LogP contribution in [0.15, 0.2) is 59.1 Å². The van der Waals surface area contributed by atoms with Gasteiger partial charge in [0.1, 0.15) is 23.3 Å². The highest BCUT2D eigenvalue weighted by molar-refractivity contribution is 5.80. The molecule has 144 valence electrons. The van der Waals surface area contributed by atoms with Crippen LogP contribution < -0.4 is 14.8 Å². The SMILES string of the molecule is CC1Cc2cc(-c3cc(CNC(=O)C(C)Oc4ccccc4)no3)ccc2O1. The lowest BCUT2D eigenvalue weighted by Gasteiger charge is -2.13. The lowest BCUT2D eigenvalue weighted by molar-refractivity contribution is -0.127. The van der Waals surface area contributed by atoms with Crippen LogP contribution in [-0.4, -0.2) is 23.3 Å². The number of fused-ring (bicyclic) bond motifs is 1. The lowest BCUT2D eigenvalue weighted by atomic mass is 10.1. The zero-order chi connectivity index (χ0) is 19.5. The van der Waals surface area contributed by atoms with Crippen molar-refractivity contribution in [3.05, 3.63) is 65.9 Å². The van der Waals surface area contributed by atoms with Crippen LogP contribution in [0, 0.1) is 0 Å². The second kappa shape index (κ2) is 7.76. The number of carbonyl (C=O) groups is 1. The maximum Gasteiger partial charge on any atom is 0.261 e. The second-order valence-electron chi connectivity index (χ2n) is 6.93. The normalized spacial score (nSPS) is 16.1.